The number of rotatable bonds is 1. The zero-order chi connectivity index (χ0) is 8.43. The van der Waals surface area contributed by atoms with Crippen molar-refractivity contribution in [1.29, 1.82) is 0 Å². The van der Waals surface area contributed by atoms with Gasteiger partial charge < -0.3 is 10.2 Å². The molecule has 0 saturated heterocycles. The van der Waals surface area contributed by atoms with Gasteiger partial charge in [0.15, 0.2) is 0 Å². The van der Waals surface area contributed by atoms with E-state index in [9.17, 15) is 0 Å². The molecule has 1 aromatic carbocycles. The first kappa shape index (κ1) is 8.80. The van der Waals surface area contributed by atoms with Crippen LogP contribution in [0.25, 0.3) is 0 Å². The van der Waals surface area contributed by atoms with Crippen molar-refractivity contribution in [3.63, 3.8) is 0 Å². The maximum atomic E-state index is 9.16. The lowest BCUT2D eigenvalue weighted by atomic mass is 10.1. The van der Waals surface area contributed by atoms with Gasteiger partial charge in [-0.25, -0.2) is 0 Å². The Morgan fingerprint density at radius 2 is 2.00 bits per heavy atom. The summed E-state index contributed by atoms with van der Waals surface area (Å²) in [5.41, 5.74) is 0.745. The Bertz CT molecular complexity index is 238. The van der Waals surface area contributed by atoms with Crippen molar-refractivity contribution in [2.24, 2.45) is 0 Å². The van der Waals surface area contributed by atoms with Gasteiger partial charge in [-0.3, -0.25) is 0 Å². The number of aliphatic hydroxyl groups excluding tert-OH is 1. The monoisotopic (exact) mass is 264 g/mol. The Balaban J connectivity index is 3.08. The summed E-state index contributed by atoms with van der Waals surface area (Å²) >= 11 is 2.09. The number of phenols is 1. The fourth-order valence-corrected chi connectivity index (χ4v) is 1.52. The standard InChI is InChI=1S/C8H9IO2/c1-5(10)6-2-7(9)4-8(11)3-6/h2-5,10-11H,1H3. The van der Waals surface area contributed by atoms with E-state index in [2.05, 4.69) is 22.6 Å². The third-order valence-corrected chi connectivity index (χ3v) is 2.01. The first-order valence-corrected chi connectivity index (χ1v) is 4.35. The first-order valence-electron chi connectivity index (χ1n) is 3.27. The van der Waals surface area contributed by atoms with Gasteiger partial charge >= 0.3 is 0 Å². The van der Waals surface area contributed by atoms with Crippen LogP contribution in [-0.2, 0) is 0 Å². The highest BCUT2D eigenvalue weighted by atomic mass is 127. The zero-order valence-corrected chi connectivity index (χ0v) is 8.24. The van der Waals surface area contributed by atoms with Crippen molar-refractivity contribution in [3.05, 3.63) is 27.3 Å². The van der Waals surface area contributed by atoms with E-state index in [0.717, 1.165) is 9.13 Å². The summed E-state index contributed by atoms with van der Waals surface area (Å²) in [5.74, 6) is 0.202. The van der Waals surface area contributed by atoms with Crippen molar-refractivity contribution in [2.75, 3.05) is 0 Å². The van der Waals surface area contributed by atoms with Crippen LogP contribution in [0.4, 0.5) is 0 Å². The molecule has 1 rings (SSSR count). The van der Waals surface area contributed by atoms with Crippen molar-refractivity contribution in [3.8, 4) is 5.75 Å². The third-order valence-electron chi connectivity index (χ3n) is 1.39. The number of hydrogen-bond acceptors (Lipinski definition) is 2. The highest BCUT2D eigenvalue weighted by Crippen LogP contribution is 2.21. The molecule has 1 unspecified atom stereocenters. The maximum absolute atomic E-state index is 9.16. The molecule has 60 valence electrons. The summed E-state index contributed by atoms with van der Waals surface area (Å²) < 4.78 is 0.929. The molecule has 0 spiro atoms. The molecular formula is C8H9IO2. The Morgan fingerprint density at radius 1 is 1.36 bits per heavy atom. The average molecular weight is 264 g/mol. The fourth-order valence-electron chi connectivity index (χ4n) is 0.837. The normalized spacial score (nSPS) is 13.0. The van der Waals surface area contributed by atoms with Gasteiger partial charge in [-0.1, -0.05) is 0 Å². The lowest BCUT2D eigenvalue weighted by Crippen LogP contribution is -1.90. The van der Waals surface area contributed by atoms with Crippen molar-refractivity contribution < 1.29 is 10.2 Å². The average Bonchev–Trinajstić information content (AvgIpc) is 1.85. The van der Waals surface area contributed by atoms with E-state index >= 15 is 0 Å². The minimum atomic E-state index is -0.518. The van der Waals surface area contributed by atoms with E-state index in [-0.39, 0.29) is 5.75 Å². The Kier molecular flexibility index (Phi) is 2.72. The molecule has 1 aromatic rings. The van der Waals surface area contributed by atoms with Crippen molar-refractivity contribution in [1.82, 2.24) is 0 Å². The van der Waals surface area contributed by atoms with Gasteiger partial charge in [0.25, 0.3) is 0 Å². The first-order chi connectivity index (χ1) is 5.09. The quantitative estimate of drug-likeness (QED) is 0.762. The number of halogens is 1. The second-order valence-electron chi connectivity index (χ2n) is 2.42. The summed E-state index contributed by atoms with van der Waals surface area (Å²) in [6.45, 7) is 1.67. The number of phenolic OH excluding ortho intramolecular Hbond substituents is 1. The van der Waals surface area contributed by atoms with Gasteiger partial charge in [-0.2, -0.15) is 0 Å². The van der Waals surface area contributed by atoms with E-state index in [1.807, 2.05) is 6.07 Å². The molecule has 0 radical (unpaired) electrons. The molecule has 0 aliphatic heterocycles. The molecule has 0 amide bonds. The summed E-state index contributed by atoms with van der Waals surface area (Å²) in [4.78, 5) is 0. The highest BCUT2D eigenvalue weighted by molar-refractivity contribution is 14.1. The van der Waals surface area contributed by atoms with E-state index in [0.29, 0.717) is 0 Å². The zero-order valence-electron chi connectivity index (χ0n) is 6.08. The highest BCUT2D eigenvalue weighted by Gasteiger charge is 2.02. The van der Waals surface area contributed by atoms with Crippen LogP contribution >= 0.6 is 22.6 Å². The number of hydrogen-bond donors (Lipinski definition) is 2. The van der Waals surface area contributed by atoms with Gasteiger partial charge in [0.1, 0.15) is 5.75 Å². The van der Waals surface area contributed by atoms with Crippen molar-refractivity contribution in [2.45, 2.75) is 13.0 Å². The molecule has 0 heterocycles. The summed E-state index contributed by atoms with van der Waals surface area (Å²) in [5, 5.41) is 18.3. The summed E-state index contributed by atoms with van der Waals surface area (Å²) in [6, 6.07) is 5.05. The predicted octanol–water partition coefficient (Wildman–Crippen LogP) is 2.05. The van der Waals surface area contributed by atoms with Crippen LogP contribution in [0.3, 0.4) is 0 Å². The molecule has 0 aromatic heterocycles. The van der Waals surface area contributed by atoms with Crippen LogP contribution < -0.4 is 0 Å². The van der Waals surface area contributed by atoms with E-state index < -0.39 is 6.10 Å². The molecule has 1 atom stereocenters. The van der Waals surface area contributed by atoms with Gasteiger partial charge in [-0.15, -0.1) is 0 Å². The molecule has 0 saturated carbocycles. The van der Waals surface area contributed by atoms with Gasteiger partial charge in [-0.05, 0) is 53.3 Å². The molecule has 11 heavy (non-hydrogen) atoms. The van der Waals surface area contributed by atoms with Crippen LogP contribution in [0.2, 0.25) is 0 Å². The maximum Gasteiger partial charge on any atom is 0.117 e. The molecule has 0 fully saturated rings. The molecule has 0 aliphatic carbocycles. The third kappa shape index (κ3) is 2.34. The lowest BCUT2D eigenvalue weighted by molar-refractivity contribution is 0.199. The summed E-state index contributed by atoms with van der Waals surface area (Å²) in [6.07, 6.45) is -0.518. The molecule has 2 nitrogen and oxygen atoms in total. The molecule has 3 heteroatoms. The summed E-state index contributed by atoms with van der Waals surface area (Å²) in [7, 11) is 0. The lowest BCUT2D eigenvalue weighted by Gasteiger charge is -2.05. The van der Waals surface area contributed by atoms with E-state index in [1.54, 1.807) is 19.1 Å². The smallest absolute Gasteiger partial charge is 0.117 e. The molecule has 2 N–H and O–H groups in total. The Labute approximate surface area is 79.0 Å². The van der Waals surface area contributed by atoms with Crippen LogP contribution in [0.5, 0.6) is 5.75 Å². The van der Waals surface area contributed by atoms with Crippen LogP contribution in [0, 0.1) is 3.57 Å². The Morgan fingerprint density at radius 3 is 2.45 bits per heavy atom. The SMILES string of the molecule is CC(O)c1cc(O)cc(I)c1. The van der Waals surface area contributed by atoms with Gasteiger partial charge in [0.2, 0.25) is 0 Å². The number of aromatic hydroxyl groups is 1. The minimum absolute atomic E-state index is 0.202. The molecule has 0 aliphatic rings. The second kappa shape index (κ2) is 3.40. The van der Waals surface area contributed by atoms with E-state index in [4.69, 9.17) is 10.2 Å². The van der Waals surface area contributed by atoms with Gasteiger partial charge in [0.05, 0.1) is 6.10 Å². The molecule has 0 bridgehead atoms. The van der Waals surface area contributed by atoms with E-state index in [1.165, 1.54) is 0 Å². The van der Waals surface area contributed by atoms with Crippen LogP contribution in [0.1, 0.15) is 18.6 Å². The fraction of sp³-hybridized carbons (Fsp3) is 0.250. The molecular weight excluding hydrogens is 255 g/mol. The van der Waals surface area contributed by atoms with Crippen molar-refractivity contribution >= 4 is 22.6 Å². The van der Waals surface area contributed by atoms with Crippen LogP contribution in [-0.4, -0.2) is 10.2 Å². The Hall–Kier alpha value is -0.290. The van der Waals surface area contributed by atoms with Gasteiger partial charge in [0, 0.05) is 3.57 Å². The number of benzene rings is 1. The predicted molar refractivity (Wildman–Crippen MR) is 51.5 cm³/mol. The number of aliphatic hydroxyl groups is 1. The topological polar surface area (TPSA) is 40.5 Å². The minimum Gasteiger partial charge on any atom is -0.508 e. The largest absolute Gasteiger partial charge is 0.508 e. The second-order valence-corrected chi connectivity index (χ2v) is 3.66. The van der Waals surface area contributed by atoms with Crippen LogP contribution in [0.15, 0.2) is 18.2 Å².